The van der Waals surface area contributed by atoms with E-state index in [1.54, 1.807) is 6.07 Å². The van der Waals surface area contributed by atoms with Gasteiger partial charge in [-0.1, -0.05) is 23.4 Å². The van der Waals surface area contributed by atoms with Crippen molar-refractivity contribution in [3.8, 4) is 30.4 Å². The molecule has 0 saturated carbocycles. The number of sulfonamides is 2. The average Bonchev–Trinajstić information content (AvgIpc) is 2.92. The maximum Gasteiger partial charge on any atom is 0.258 e. The Morgan fingerprint density at radius 1 is 0.953 bits per heavy atom. The second-order valence-corrected chi connectivity index (χ2v) is 12.5. The molecule has 1 amide bonds. The zero-order valence-corrected chi connectivity index (χ0v) is 25.1. The van der Waals surface area contributed by atoms with Gasteiger partial charge in [-0.25, -0.2) is 30.6 Å². The van der Waals surface area contributed by atoms with Gasteiger partial charge < -0.3 is 15.8 Å². The van der Waals surface area contributed by atoms with Crippen LogP contribution in [0.1, 0.15) is 22.3 Å². The molecule has 0 saturated heterocycles. The zero-order valence-electron chi connectivity index (χ0n) is 22.7. The minimum atomic E-state index is -3.69. The molecule has 3 aromatic rings. The third-order valence-corrected chi connectivity index (χ3v) is 6.35. The average molecular weight is 654 g/mol. The van der Waals surface area contributed by atoms with Crippen molar-refractivity contribution in [1.29, 1.82) is 0 Å². The molecule has 11 nitrogen and oxygen atoms in total. The Bertz CT molecular complexity index is 1790. The molecular formula is C27H26ClF2N5O6S2. The van der Waals surface area contributed by atoms with E-state index < -0.39 is 37.6 Å². The van der Waals surface area contributed by atoms with Crippen molar-refractivity contribution in [2.45, 2.75) is 13.1 Å². The largest absolute Gasteiger partial charge is 0.482 e. The zero-order chi connectivity index (χ0) is 32.4. The van der Waals surface area contributed by atoms with E-state index in [9.17, 15) is 30.4 Å². The number of rotatable bonds is 10. The Morgan fingerprint density at radius 3 is 1.91 bits per heavy atom. The standard InChI is InChI=1S/C17H15ClFN3O4S.C10H11FN2O2S/c1-3-12-6-11(7-14(19)17(12)22-27(2,24)25)8-21-16(23)10-26-13-4-5-15(18)20-9-13;1-3-8-4-7(6-12)5-9(11)10(8)13-16(2,14)15/h1,4-7,9,22H,8,10H2,2H3,(H,21,23);1,4-5,13H,6,12H2,2H3. The number of nitrogens with two attached hydrogens (primary N) is 1. The summed E-state index contributed by atoms with van der Waals surface area (Å²) in [6.45, 7) is -0.169. The van der Waals surface area contributed by atoms with Crippen LogP contribution in [0.25, 0.3) is 0 Å². The molecule has 0 aliphatic rings. The number of nitrogens with zero attached hydrogens (tertiary/aromatic N) is 1. The van der Waals surface area contributed by atoms with Crippen LogP contribution in [0.3, 0.4) is 0 Å². The molecule has 0 aliphatic heterocycles. The fraction of sp³-hybridized carbons (Fsp3) is 0.185. The summed E-state index contributed by atoms with van der Waals surface area (Å²) in [4.78, 5) is 15.7. The quantitative estimate of drug-likeness (QED) is 0.191. The Labute approximate surface area is 253 Å². The summed E-state index contributed by atoms with van der Waals surface area (Å²) in [5.41, 5.74) is 5.83. The molecule has 228 valence electrons. The highest BCUT2D eigenvalue weighted by molar-refractivity contribution is 7.92. The number of hydrogen-bond donors (Lipinski definition) is 4. The van der Waals surface area contributed by atoms with Crippen molar-refractivity contribution in [1.82, 2.24) is 10.3 Å². The van der Waals surface area contributed by atoms with Crippen molar-refractivity contribution < 1.29 is 35.1 Å². The molecule has 5 N–H and O–H groups in total. The summed E-state index contributed by atoms with van der Waals surface area (Å²) >= 11 is 5.65. The van der Waals surface area contributed by atoms with Crippen LogP contribution in [0.4, 0.5) is 20.2 Å². The molecule has 0 spiro atoms. The number of benzene rings is 2. The van der Waals surface area contributed by atoms with Gasteiger partial charge >= 0.3 is 0 Å². The predicted molar refractivity (Wildman–Crippen MR) is 160 cm³/mol. The van der Waals surface area contributed by atoms with Crippen LogP contribution in [0.2, 0.25) is 5.15 Å². The molecule has 1 aromatic heterocycles. The molecule has 2 aromatic carbocycles. The van der Waals surface area contributed by atoms with Crippen LogP contribution in [0.5, 0.6) is 5.75 Å². The topological polar surface area (TPSA) is 170 Å². The maximum atomic E-state index is 14.2. The van der Waals surface area contributed by atoms with Gasteiger partial charge in [-0.15, -0.1) is 12.8 Å². The fourth-order valence-electron chi connectivity index (χ4n) is 3.20. The summed E-state index contributed by atoms with van der Waals surface area (Å²) in [5.74, 6) is 2.76. The first-order valence-electron chi connectivity index (χ1n) is 11.8. The summed E-state index contributed by atoms with van der Waals surface area (Å²) < 4.78 is 81.6. The lowest BCUT2D eigenvalue weighted by molar-refractivity contribution is -0.123. The van der Waals surface area contributed by atoms with Gasteiger partial charge in [0.25, 0.3) is 5.91 Å². The highest BCUT2D eigenvalue weighted by Crippen LogP contribution is 2.23. The van der Waals surface area contributed by atoms with E-state index >= 15 is 0 Å². The second-order valence-electron chi connectivity index (χ2n) is 8.62. The first-order chi connectivity index (χ1) is 20.0. The molecule has 0 bridgehead atoms. The van der Waals surface area contributed by atoms with E-state index in [0.717, 1.165) is 24.6 Å². The number of ether oxygens (including phenoxy) is 1. The van der Waals surface area contributed by atoms with Gasteiger partial charge in [0.1, 0.15) is 22.5 Å². The summed E-state index contributed by atoms with van der Waals surface area (Å²) in [6, 6.07) is 8.18. The van der Waals surface area contributed by atoms with Crippen LogP contribution in [0, 0.1) is 36.3 Å². The predicted octanol–water partition coefficient (Wildman–Crippen LogP) is 2.56. The third-order valence-electron chi connectivity index (χ3n) is 4.98. The molecule has 3 rings (SSSR count). The normalized spacial score (nSPS) is 10.8. The van der Waals surface area contributed by atoms with E-state index in [4.69, 9.17) is 34.9 Å². The first kappa shape index (κ1) is 34.8. The lowest BCUT2D eigenvalue weighted by Gasteiger charge is -2.12. The number of halogens is 3. The monoisotopic (exact) mass is 653 g/mol. The van der Waals surface area contributed by atoms with E-state index in [1.807, 2.05) is 9.44 Å². The SMILES string of the molecule is C#Cc1cc(CN)cc(F)c1NS(C)(=O)=O.C#Cc1cc(CNC(=O)COc2ccc(Cl)nc2)cc(F)c1NS(C)(=O)=O. The smallest absolute Gasteiger partial charge is 0.258 e. The number of hydrogen-bond acceptors (Lipinski definition) is 8. The molecule has 0 radical (unpaired) electrons. The number of carbonyl (C=O) groups excluding carboxylic acids is 1. The summed E-state index contributed by atoms with van der Waals surface area (Å²) in [5, 5.41) is 2.84. The molecular weight excluding hydrogens is 628 g/mol. The molecule has 0 fully saturated rings. The summed E-state index contributed by atoms with van der Waals surface area (Å²) in [7, 11) is -7.26. The van der Waals surface area contributed by atoms with Gasteiger partial charge in [0, 0.05) is 13.1 Å². The molecule has 1 heterocycles. The van der Waals surface area contributed by atoms with Gasteiger partial charge in [0.15, 0.2) is 6.61 Å². The highest BCUT2D eigenvalue weighted by atomic mass is 35.5. The fourth-order valence-corrected chi connectivity index (χ4v) is 4.47. The molecule has 0 aliphatic carbocycles. The number of carbonyl (C=O) groups is 1. The van der Waals surface area contributed by atoms with Crippen molar-refractivity contribution in [3.63, 3.8) is 0 Å². The number of anilines is 2. The maximum absolute atomic E-state index is 14.2. The van der Waals surface area contributed by atoms with Crippen LogP contribution >= 0.6 is 11.6 Å². The van der Waals surface area contributed by atoms with Crippen LogP contribution in [-0.4, -0.2) is 46.8 Å². The van der Waals surface area contributed by atoms with Crippen LogP contribution in [0.15, 0.2) is 42.6 Å². The van der Waals surface area contributed by atoms with Crippen LogP contribution < -0.4 is 25.2 Å². The summed E-state index contributed by atoms with van der Waals surface area (Å²) in [6.07, 6.45) is 13.7. The Kier molecular flexibility index (Phi) is 12.3. The van der Waals surface area contributed by atoms with Crippen molar-refractivity contribution in [2.24, 2.45) is 5.73 Å². The van der Waals surface area contributed by atoms with E-state index in [2.05, 4.69) is 22.1 Å². The van der Waals surface area contributed by atoms with Crippen molar-refractivity contribution in [2.75, 3.05) is 28.6 Å². The van der Waals surface area contributed by atoms with Gasteiger partial charge in [0.05, 0.1) is 41.2 Å². The molecule has 0 unspecified atom stereocenters. The van der Waals surface area contributed by atoms with Gasteiger partial charge in [0.2, 0.25) is 20.0 Å². The van der Waals surface area contributed by atoms with Crippen molar-refractivity contribution in [3.05, 3.63) is 81.6 Å². The third kappa shape index (κ3) is 11.8. The number of terminal acetylenes is 2. The highest BCUT2D eigenvalue weighted by Gasteiger charge is 2.15. The number of pyridine rings is 1. The van der Waals surface area contributed by atoms with Gasteiger partial charge in [-0.2, -0.15) is 0 Å². The van der Waals surface area contributed by atoms with Crippen LogP contribution in [-0.2, 0) is 37.9 Å². The van der Waals surface area contributed by atoms with Gasteiger partial charge in [-0.3, -0.25) is 14.2 Å². The van der Waals surface area contributed by atoms with E-state index in [0.29, 0.717) is 22.0 Å². The number of amides is 1. The van der Waals surface area contributed by atoms with E-state index in [-0.39, 0.29) is 42.2 Å². The Balaban J connectivity index is 0.000000344. The number of aromatic nitrogens is 1. The molecule has 43 heavy (non-hydrogen) atoms. The number of nitrogens with one attached hydrogen (secondary N) is 3. The molecule has 16 heteroatoms. The van der Waals surface area contributed by atoms with Gasteiger partial charge in [-0.05, 0) is 47.5 Å². The van der Waals surface area contributed by atoms with E-state index in [1.165, 1.54) is 24.4 Å². The van der Waals surface area contributed by atoms with Crippen molar-refractivity contribution >= 4 is 48.9 Å². The minimum Gasteiger partial charge on any atom is -0.482 e. The minimum absolute atomic E-state index is 0.0214. The second kappa shape index (κ2) is 15.2. The molecule has 0 atom stereocenters. The lowest BCUT2D eigenvalue weighted by atomic mass is 10.1. The Hall–Kier alpha value is -4.41. The Morgan fingerprint density at radius 2 is 1.47 bits per heavy atom. The lowest BCUT2D eigenvalue weighted by Crippen LogP contribution is -2.28. The first-order valence-corrected chi connectivity index (χ1v) is 16.0.